The van der Waals surface area contributed by atoms with Crippen LogP contribution in [0.3, 0.4) is 0 Å². The van der Waals surface area contributed by atoms with Gasteiger partial charge in [0.25, 0.3) is 0 Å². The number of anilines is 1. The topological polar surface area (TPSA) is 49.3 Å². The van der Waals surface area contributed by atoms with E-state index in [4.69, 9.17) is 0 Å². The third-order valence-electron chi connectivity index (χ3n) is 6.02. The standard InChI is InChI=1S/C22H28N4O/c1-17(2)26-16-22(13-11-21(26)27)12-6-14-25(15-22)20-10-9-19(23-24-20)18-7-4-3-5-8-18/h3-5,7-10,17H,6,11-16H2,1-2H3/t22-/m1/s1. The van der Waals surface area contributed by atoms with Gasteiger partial charge in [0.2, 0.25) is 5.91 Å². The van der Waals surface area contributed by atoms with E-state index in [1.807, 2.05) is 18.2 Å². The van der Waals surface area contributed by atoms with Gasteiger partial charge in [0.15, 0.2) is 5.82 Å². The molecule has 0 bridgehead atoms. The minimum atomic E-state index is 0.191. The van der Waals surface area contributed by atoms with E-state index in [0.29, 0.717) is 12.3 Å². The number of carbonyl (C=O) groups is 1. The van der Waals surface area contributed by atoms with E-state index in [1.54, 1.807) is 0 Å². The lowest BCUT2D eigenvalue weighted by molar-refractivity contribution is -0.140. The fraction of sp³-hybridized carbons (Fsp3) is 0.500. The van der Waals surface area contributed by atoms with E-state index in [1.165, 1.54) is 6.42 Å². The normalized spacial score (nSPS) is 23.3. The van der Waals surface area contributed by atoms with Gasteiger partial charge in [-0.2, -0.15) is 0 Å². The molecule has 1 spiro atoms. The van der Waals surface area contributed by atoms with Crippen LogP contribution in [0.4, 0.5) is 5.82 Å². The second-order valence-electron chi connectivity index (χ2n) is 8.28. The zero-order valence-electron chi connectivity index (χ0n) is 16.3. The van der Waals surface area contributed by atoms with Gasteiger partial charge in [-0.05, 0) is 45.2 Å². The van der Waals surface area contributed by atoms with E-state index in [9.17, 15) is 4.79 Å². The Kier molecular flexibility index (Phi) is 4.85. The van der Waals surface area contributed by atoms with Crippen LogP contribution in [0, 0.1) is 5.41 Å². The molecule has 1 aromatic heterocycles. The molecule has 2 aromatic rings. The Bertz CT molecular complexity index is 790. The van der Waals surface area contributed by atoms with Crippen LogP contribution in [0.1, 0.15) is 39.5 Å². The summed E-state index contributed by atoms with van der Waals surface area (Å²) in [6, 6.07) is 14.6. The Balaban J connectivity index is 1.51. The first-order valence-corrected chi connectivity index (χ1v) is 10.00. The maximum Gasteiger partial charge on any atom is 0.222 e. The summed E-state index contributed by atoms with van der Waals surface area (Å²) < 4.78 is 0. The molecule has 27 heavy (non-hydrogen) atoms. The van der Waals surface area contributed by atoms with Gasteiger partial charge in [-0.25, -0.2) is 0 Å². The van der Waals surface area contributed by atoms with Crippen molar-refractivity contribution < 1.29 is 4.79 Å². The quantitative estimate of drug-likeness (QED) is 0.832. The van der Waals surface area contributed by atoms with Gasteiger partial charge in [-0.15, -0.1) is 10.2 Å². The van der Waals surface area contributed by atoms with Gasteiger partial charge in [0.1, 0.15) is 0 Å². The number of piperidine rings is 2. The Labute approximate surface area is 161 Å². The van der Waals surface area contributed by atoms with Crippen molar-refractivity contribution >= 4 is 11.7 Å². The number of benzene rings is 1. The van der Waals surface area contributed by atoms with Crippen LogP contribution in [0.2, 0.25) is 0 Å². The fourth-order valence-electron chi connectivity index (χ4n) is 4.51. The maximum absolute atomic E-state index is 12.3. The van der Waals surface area contributed by atoms with E-state index in [-0.39, 0.29) is 11.5 Å². The molecular formula is C22H28N4O. The molecule has 2 saturated heterocycles. The molecule has 0 saturated carbocycles. The van der Waals surface area contributed by atoms with Crippen molar-refractivity contribution in [3.63, 3.8) is 0 Å². The number of hydrogen-bond acceptors (Lipinski definition) is 4. The first kappa shape index (κ1) is 18.0. The molecule has 5 heteroatoms. The SMILES string of the molecule is CC(C)N1C[C@]2(CCCN(c3ccc(-c4ccccc4)nn3)C2)CCC1=O. The molecule has 2 fully saturated rings. The average molecular weight is 364 g/mol. The van der Waals surface area contributed by atoms with Gasteiger partial charge in [0.05, 0.1) is 5.69 Å². The summed E-state index contributed by atoms with van der Waals surface area (Å²) in [4.78, 5) is 16.7. The number of carbonyl (C=O) groups excluding carboxylic acids is 1. The maximum atomic E-state index is 12.3. The number of amides is 1. The zero-order valence-corrected chi connectivity index (χ0v) is 16.3. The highest BCUT2D eigenvalue weighted by Crippen LogP contribution is 2.40. The number of nitrogens with zero attached hydrogens (tertiary/aromatic N) is 4. The molecule has 0 N–H and O–H groups in total. The van der Waals surface area contributed by atoms with Crippen LogP contribution < -0.4 is 4.90 Å². The average Bonchev–Trinajstić information content (AvgIpc) is 2.71. The van der Waals surface area contributed by atoms with Crippen molar-refractivity contribution in [2.45, 2.75) is 45.6 Å². The Morgan fingerprint density at radius 1 is 1.00 bits per heavy atom. The molecule has 0 aliphatic carbocycles. The summed E-state index contributed by atoms with van der Waals surface area (Å²) in [5.74, 6) is 1.25. The Hall–Kier alpha value is -2.43. The smallest absolute Gasteiger partial charge is 0.222 e. The second-order valence-corrected chi connectivity index (χ2v) is 8.28. The van der Waals surface area contributed by atoms with E-state index in [2.05, 4.69) is 58.1 Å². The first-order valence-electron chi connectivity index (χ1n) is 10.00. The first-order chi connectivity index (χ1) is 13.1. The highest BCUT2D eigenvalue weighted by molar-refractivity contribution is 5.77. The van der Waals surface area contributed by atoms with Crippen LogP contribution in [0.25, 0.3) is 11.3 Å². The van der Waals surface area contributed by atoms with Crippen LogP contribution in [-0.4, -0.2) is 46.7 Å². The summed E-state index contributed by atoms with van der Waals surface area (Å²) in [5.41, 5.74) is 2.18. The third-order valence-corrected chi connectivity index (χ3v) is 6.02. The van der Waals surface area contributed by atoms with E-state index in [0.717, 1.165) is 49.6 Å². The molecule has 3 heterocycles. The number of rotatable bonds is 3. The van der Waals surface area contributed by atoms with Gasteiger partial charge in [-0.1, -0.05) is 30.3 Å². The highest BCUT2D eigenvalue weighted by atomic mass is 16.2. The summed E-state index contributed by atoms with van der Waals surface area (Å²) in [6.45, 7) is 7.08. The molecule has 1 aromatic carbocycles. The molecular weight excluding hydrogens is 336 g/mol. The minimum absolute atomic E-state index is 0.191. The van der Waals surface area contributed by atoms with E-state index >= 15 is 0 Å². The second kappa shape index (κ2) is 7.29. The van der Waals surface area contributed by atoms with Gasteiger partial charge in [-0.3, -0.25) is 4.79 Å². The van der Waals surface area contributed by atoms with Crippen molar-refractivity contribution in [2.75, 3.05) is 24.5 Å². The zero-order chi connectivity index (χ0) is 18.9. The minimum Gasteiger partial charge on any atom is -0.355 e. The lowest BCUT2D eigenvalue weighted by atomic mass is 9.73. The van der Waals surface area contributed by atoms with Crippen LogP contribution in [0.15, 0.2) is 42.5 Å². The molecule has 5 nitrogen and oxygen atoms in total. The molecule has 142 valence electrons. The van der Waals surface area contributed by atoms with Crippen molar-refractivity contribution in [2.24, 2.45) is 5.41 Å². The van der Waals surface area contributed by atoms with Gasteiger partial charge < -0.3 is 9.80 Å². The lowest BCUT2D eigenvalue weighted by Crippen LogP contribution is -2.55. The molecule has 2 aliphatic rings. The Morgan fingerprint density at radius 3 is 2.52 bits per heavy atom. The predicted octanol–water partition coefficient (Wildman–Crippen LogP) is 3.76. The molecule has 1 amide bonds. The summed E-state index contributed by atoms with van der Waals surface area (Å²) >= 11 is 0. The molecule has 4 rings (SSSR count). The van der Waals surface area contributed by atoms with Crippen molar-refractivity contribution in [1.29, 1.82) is 0 Å². The predicted molar refractivity (Wildman–Crippen MR) is 107 cm³/mol. The van der Waals surface area contributed by atoms with Crippen molar-refractivity contribution in [3.8, 4) is 11.3 Å². The summed E-state index contributed by atoms with van der Waals surface area (Å²) in [6.07, 6.45) is 3.99. The fourth-order valence-corrected chi connectivity index (χ4v) is 4.51. The van der Waals surface area contributed by atoms with Gasteiger partial charge >= 0.3 is 0 Å². The largest absolute Gasteiger partial charge is 0.355 e. The third kappa shape index (κ3) is 3.68. The van der Waals surface area contributed by atoms with Gasteiger partial charge in [0, 0.05) is 43.1 Å². The lowest BCUT2D eigenvalue weighted by Gasteiger charge is -2.49. The molecule has 0 unspecified atom stereocenters. The molecule has 0 radical (unpaired) electrons. The number of hydrogen-bond donors (Lipinski definition) is 0. The number of aromatic nitrogens is 2. The van der Waals surface area contributed by atoms with Crippen LogP contribution in [-0.2, 0) is 4.79 Å². The monoisotopic (exact) mass is 364 g/mol. The van der Waals surface area contributed by atoms with E-state index < -0.39 is 0 Å². The van der Waals surface area contributed by atoms with Crippen molar-refractivity contribution in [3.05, 3.63) is 42.5 Å². The van der Waals surface area contributed by atoms with Crippen molar-refractivity contribution in [1.82, 2.24) is 15.1 Å². The molecule has 1 atom stereocenters. The molecule has 2 aliphatic heterocycles. The Morgan fingerprint density at radius 2 is 1.81 bits per heavy atom. The number of likely N-dealkylation sites (tertiary alicyclic amines) is 1. The highest BCUT2D eigenvalue weighted by Gasteiger charge is 2.42. The van der Waals surface area contributed by atoms with Crippen LogP contribution >= 0.6 is 0 Å². The summed E-state index contributed by atoms with van der Waals surface area (Å²) in [7, 11) is 0. The summed E-state index contributed by atoms with van der Waals surface area (Å²) in [5, 5.41) is 8.98. The van der Waals surface area contributed by atoms with Crippen LogP contribution in [0.5, 0.6) is 0 Å².